The molecular formula is C7H13N3O2S. The van der Waals surface area contributed by atoms with Crippen LogP contribution in [0.1, 0.15) is 6.42 Å². The monoisotopic (exact) mass is 203 g/mol. The molecule has 0 aromatic rings. The maximum Gasteiger partial charge on any atom is 0.323 e. The van der Waals surface area contributed by atoms with Gasteiger partial charge in [-0.3, -0.25) is 15.0 Å². The van der Waals surface area contributed by atoms with E-state index in [0.29, 0.717) is 13.1 Å². The van der Waals surface area contributed by atoms with Crippen molar-refractivity contribution in [2.45, 2.75) is 6.42 Å². The molecule has 0 spiro atoms. The second-order valence-corrected chi connectivity index (χ2v) is 3.96. The van der Waals surface area contributed by atoms with Crippen LogP contribution < -0.4 is 11.3 Å². The number of carbonyl (C=O) groups excluding carboxylic acids is 2. The lowest BCUT2D eigenvalue weighted by atomic mass is 10.4. The van der Waals surface area contributed by atoms with Crippen molar-refractivity contribution in [3.63, 3.8) is 0 Å². The topological polar surface area (TPSA) is 75.4 Å². The van der Waals surface area contributed by atoms with Crippen LogP contribution in [0.15, 0.2) is 0 Å². The van der Waals surface area contributed by atoms with E-state index in [2.05, 4.69) is 0 Å². The first-order chi connectivity index (χ1) is 6.25. The third-order valence-corrected chi connectivity index (χ3v) is 2.88. The van der Waals surface area contributed by atoms with Gasteiger partial charge in [-0.15, -0.1) is 0 Å². The Bertz CT molecular complexity index is 202. The Labute approximate surface area is 81.0 Å². The SMILES string of the molecule is NNC(=O)C(=O)N1CCCSCC1. The minimum Gasteiger partial charge on any atom is -0.334 e. The molecule has 2 amide bonds. The maximum atomic E-state index is 11.3. The van der Waals surface area contributed by atoms with E-state index in [9.17, 15) is 9.59 Å². The first-order valence-electron chi connectivity index (χ1n) is 4.13. The fourth-order valence-electron chi connectivity index (χ4n) is 1.15. The second-order valence-electron chi connectivity index (χ2n) is 2.73. The summed E-state index contributed by atoms with van der Waals surface area (Å²) in [5, 5.41) is 0. The molecule has 5 nitrogen and oxygen atoms in total. The maximum absolute atomic E-state index is 11.3. The van der Waals surface area contributed by atoms with Crippen LogP contribution in [0, 0.1) is 0 Å². The Hall–Kier alpha value is -0.750. The third-order valence-electron chi connectivity index (χ3n) is 1.83. The van der Waals surface area contributed by atoms with Crippen LogP contribution in [0.2, 0.25) is 0 Å². The Morgan fingerprint density at radius 2 is 2.08 bits per heavy atom. The molecule has 0 aromatic heterocycles. The highest BCUT2D eigenvalue weighted by Gasteiger charge is 2.21. The molecule has 0 aromatic carbocycles. The molecule has 0 radical (unpaired) electrons. The highest BCUT2D eigenvalue weighted by atomic mass is 32.2. The molecule has 1 aliphatic rings. The predicted molar refractivity (Wildman–Crippen MR) is 50.9 cm³/mol. The number of hydrogen-bond donors (Lipinski definition) is 2. The zero-order chi connectivity index (χ0) is 9.68. The van der Waals surface area contributed by atoms with Gasteiger partial charge in [0.1, 0.15) is 0 Å². The molecule has 0 aliphatic carbocycles. The molecule has 1 aliphatic heterocycles. The van der Waals surface area contributed by atoms with Crippen molar-refractivity contribution in [1.82, 2.24) is 10.3 Å². The Morgan fingerprint density at radius 3 is 2.77 bits per heavy atom. The summed E-state index contributed by atoms with van der Waals surface area (Å²) in [6, 6.07) is 0. The zero-order valence-electron chi connectivity index (χ0n) is 7.28. The van der Waals surface area contributed by atoms with Crippen LogP contribution in [-0.2, 0) is 9.59 Å². The summed E-state index contributed by atoms with van der Waals surface area (Å²) >= 11 is 1.80. The summed E-state index contributed by atoms with van der Waals surface area (Å²) in [6.07, 6.45) is 0.939. The van der Waals surface area contributed by atoms with Crippen LogP contribution in [0.5, 0.6) is 0 Å². The number of thioether (sulfide) groups is 1. The minimum absolute atomic E-state index is 0.523. The molecular weight excluding hydrogens is 190 g/mol. The fraction of sp³-hybridized carbons (Fsp3) is 0.714. The average molecular weight is 203 g/mol. The molecule has 74 valence electrons. The van der Waals surface area contributed by atoms with Crippen LogP contribution in [0.25, 0.3) is 0 Å². The molecule has 0 saturated carbocycles. The lowest BCUT2D eigenvalue weighted by molar-refractivity contribution is -0.145. The van der Waals surface area contributed by atoms with Gasteiger partial charge >= 0.3 is 11.8 Å². The number of hydrazine groups is 1. The molecule has 6 heteroatoms. The molecule has 0 unspecified atom stereocenters. The van der Waals surface area contributed by atoms with Crippen molar-refractivity contribution in [3.05, 3.63) is 0 Å². The number of nitrogens with one attached hydrogen (secondary N) is 1. The number of nitrogens with zero attached hydrogens (tertiary/aromatic N) is 1. The van der Waals surface area contributed by atoms with Crippen LogP contribution in [0.4, 0.5) is 0 Å². The Kier molecular flexibility index (Phi) is 4.04. The summed E-state index contributed by atoms with van der Waals surface area (Å²) in [5.41, 5.74) is 1.85. The molecule has 1 rings (SSSR count). The van der Waals surface area contributed by atoms with Crippen LogP contribution in [0.3, 0.4) is 0 Å². The molecule has 13 heavy (non-hydrogen) atoms. The smallest absolute Gasteiger partial charge is 0.323 e. The van der Waals surface area contributed by atoms with E-state index in [0.717, 1.165) is 17.9 Å². The Morgan fingerprint density at radius 1 is 1.31 bits per heavy atom. The summed E-state index contributed by atoms with van der Waals surface area (Å²) < 4.78 is 0. The molecule has 3 N–H and O–H groups in total. The van der Waals surface area contributed by atoms with Gasteiger partial charge in [0, 0.05) is 18.8 Å². The van der Waals surface area contributed by atoms with Gasteiger partial charge in [-0.05, 0) is 12.2 Å². The summed E-state index contributed by atoms with van der Waals surface area (Å²) in [4.78, 5) is 23.7. The van der Waals surface area contributed by atoms with E-state index in [1.165, 1.54) is 0 Å². The van der Waals surface area contributed by atoms with Gasteiger partial charge in [-0.25, -0.2) is 5.84 Å². The number of nitrogens with two attached hydrogens (primary N) is 1. The van der Waals surface area contributed by atoms with Crippen molar-refractivity contribution in [2.24, 2.45) is 5.84 Å². The normalized spacial score (nSPS) is 17.8. The molecule has 0 atom stereocenters. The predicted octanol–water partition coefficient (Wildman–Crippen LogP) is -1.06. The van der Waals surface area contributed by atoms with Gasteiger partial charge in [0.05, 0.1) is 0 Å². The van der Waals surface area contributed by atoms with Crippen molar-refractivity contribution in [1.29, 1.82) is 0 Å². The fourth-order valence-corrected chi connectivity index (χ4v) is 2.04. The zero-order valence-corrected chi connectivity index (χ0v) is 8.10. The number of rotatable bonds is 0. The average Bonchev–Trinajstić information content (AvgIpc) is 2.43. The standard InChI is InChI=1S/C7H13N3O2S/c8-9-6(11)7(12)10-2-1-4-13-5-3-10/h1-5,8H2,(H,9,11). The van der Waals surface area contributed by atoms with E-state index in [1.54, 1.807) is 16.7 Å². The van der Waals surface area contributed by atoms with Crippen molar-refractivity contribution < 1.29 is 9.59 Å². The highest BCUT2D eigenvalue weighted by Crippen LogP contribution is 2.09. The minimum atomic E-state index is -0.730. The summed E-state index contributed by atoms with van der Waals surface area (Å²) in [5.74, 6) is 5.56. The van der Waals surface area contributed by atoms with E-state index in [-0.39, 0.29) is 0 Å². The largest absolute Gasteiger partial charge is 0.334 e. The molecule has 1 saturated heterocycles. The van der Waals surface area contributed by atoms with Crippen molar-refractivity contribution in [3.8, 4) is 0 Å². The number of hydrogen-bond acceptors (Lipinski definition) is 4. The second kappa shape index (κ2) is 5.08. The number of carbonyl (C=O) groups is 2. The summed E-state index contributed by atoms with van der Waals surface area (Å²) in [6.45, 7) is 1.29. The van der Waals surface area contributed by atoms with E-state index in [4.69, 9.17) is 5.84 Å². The number of amides is 2. The van der Waals surface area contributed by atoms with Gasteiger partial charge in [0.2, 0.25) is 0 Å². The quantitative estimate of drug-likeness (QED) is 0.228. The molecule has 1 fully saturated rings. The van der Waals surface area contributed by atoms with Crippen LogP contribution >= 0.6 is 11.8 Å². The van der Waals surface area contributed by atoms with E-state index < -0.39 is 11.8 Å². The first-order valence-corrected chi connectivity index (χ1v) is 5.29. The summed E-state index contributed by atoms with van der Waals surface area (Å²) in [7, 11) is 0. The molecule has 1 heterocycles. The highest BCUT2D eigenvalue weighted by molar-refractivity contribution is 7.99. The van der Waals surface area contributed by atoms with Gasteiger partial charge < -0.3 is 4.90 Å². The van der Waals surface area contributed by atoms with Gasteiger partial charge in [0.15, 0.2) is 0 Å². The van der Waals surface area contributed by atoms with Gasteiger partial charge in [-0.2, -0.15) is 11.8 Å². The van der Waals surface area contributed by atoms with Crippen molar-refractivity contribution in [2.75, 3.05) is 24.6 Å². The lowest BCUT2D eigenvalue weighted by Gasteiger charge is -2.18. The third kappa shape index (κ3) is 2.89. The van der Waals surface area contributed by atoms with Gasteiger partial charge in [-0.1, -0.05) is 0 Å². The van der Waals surface area contributed by atoms with E-state index in [1.807, 2.05) is 5.43 Å². The lowest BCUT2D eigenvalue weighted by Crippen LogP contribution is -2.46. The molecule has 0 bridgehead atoms. The Balaban J connectivity index is 2.48. The van der Waals surface area contributed by atoms with E-state index >= 15 is 0 Å². The van der Waals surface area contributed by atoms with Crippen LogP contribution in [-0.4, -0.2) is 41.3 Å². The first kappa shape index (κ1) is 10.3. The van der Waals surface area contributed by atoms with Gasteiger partial charge in [0.25, 0.3) is 0 Å². The van der Waals surface area contributed by atoms with Crippen molar-refractivity contribution >= 4 is 23.6 Å².